The van der Waals surface area contributed by atoms with Crippen LogP contribution in [0.1, 0.15) is 22.9 Å². The summed E-state index contributed by atoms with van der Waals surface area (Å²) in [6, 6.07) is 13.0. The summed E-state index contributed by atoms with van der Waals surface area (Å²) >= 11 is 0. The summed E-state index contributed by atoms with van der Waals surface area (Å²) in [4.78, 5) is 15.6. The van der Waals surface area contributed by atoms with E-state index < -0.39 is 5.92 Å². The molecule has 1 aromatic heterocycles. The highest BCUT2D eigenvalue weighted by molar-refractivity contribution is 5.77. The van der Waals surface area contributed by atoms with Gasteiger partial charge in [0, 0.05) is 5.56 Å². The lowest BCUT2D eigenvalue weighted by atomic mass is 9.94. The maximum Gasteiger partial charge on any atom is 0.220 e. The van der Waals surface area contributed by atoms with Gasteiger partial charge in [0.1, 0.15) is 30.1 Å². The molecule has 0 aliphatic carbocycles. The molecule has 1 unspecified atom stereocenters. The number of hydrogen-bond acceptors (Lipinski definition) is 5. The molecule has 2 aromatic carbocycles. The Morgan fingerprint density at radius 3 is 2.73 bits per heavy atom. The van der Waals surface area contributed by atoms with E-state index in [0.717, 1.165) is 5.56 Å². The van der Waals surface area contributed by atoms with Gasteiger partial charge >= 0.3 is 0 Å². The maximum absolute atomic E-state index is 13.0. The molecule has 0 bridgehead atoms. The van der Waals surface area contributed by atoms with Crippen LogP contribution in [0.2, 0.25) is 0 Å². The molecule has 1 atom stereocenters. The van der Waals surface area contributed by atoms with Crippen molar-refractivity contribution in [3.05, 3.63) is 83.4 Å². The fourth-order valence-corrected chi connectivity index (χ4v) is 2.83. The molecular weight excluding hydrogens is 337 g/mol. The van der Waals surface area contributed by atoms with Gasteiger partial charge in [0.05, 0.1) is 6.54 Å². The number of halogens is 1. The number of benzene rings is 2. The molecular formula is C19H14FN3O3. The first-order valence-corrected chi connectivity index (χ1v) is 7.95. The van der Waals surface area contributed by atoms with Crippen molar-refractivity contribution in [1.82, 2.24) is 14.8 Å². The van der Waals surface area contributed by atoms with Gasteiger partial charge in [-0.05, 0) is 23.8 Å². The van der Waals surface area contributed by atoms with Crippen molar-refractivity contribution in [3.8, 4) is 5.75 Å². The van der Waals surface area contributed by atoms with Crippen molar-refractivity contribution in [3.63, 3.8) is 0 Å². The molecule has 1 aliphatic rings. The zero-order valence-electron chi connectivity index (χ0n) is 13.5. The van der Waals surface area contributed by atoms with Crippen LogP contribution in [0.15, 0.2) is 60.6 Å². The van der Waals surface area contributed by atoms with E-state index in [2.05, 4.69) is 10.1 Å². The van der Waals surface area contributed by atoms with E-state index in [9.17, 15) is 14.3 Å². The SMILES string of the molecule is O=CC1C(O)=C(c2ncn(Cc3ccc(F)cc3)n2)Oc2ccccc21. The number of para-hydroxylation sites is 1. The summed E-state index contributed by atoms with van der Waals surface area (Å²) in [5, 5.41) is 14.7. The molecule has 7 heteroatoms. The van der Waals surface area contributed by atoms with Crippen molar-refractivity contribution >= 4 is 12.0 Å². The number of aldehydes is 1. The smallest absolute Gasteiger partial charge is 0.220 e. The lowest BCUT2D eigenvalue weighted by molar-refractivity contribution is -0.109. The number of fused-ring (bicyclic) bond motifs is 1. The molecule has 0 amide bonds. The number of rotatable bonds is 4. The Balaban J connectivity index is 1.64. The summed E-state index contributed by atoms with van der Waals surface area (Å²) < 4.78 is 20.3. The number of aliphatic hydroxyl groups excluding tert-OH is 1. The van der Waals surface area contributed by atoms with Crippen LogP contribution < -0.4 is 4.74 Å². The van der Waals surface area contributed by atoms with Gasteiger partial charge in [-0.25, -0.2) is 14.1 Å². The number of allylic oxidation sites excluding steroid dienone is 1. The quantitative estimate of drug-likeness (QED) is 0.731. The third-order valence-corrected chi connectivity index (χ3v) is 4.13. The monoisotopic (exact) mass is 351 g/mol. The van der Waals surface area contributed by atoms with E-state index in [1.165, 1.54) is 18.5 Å². The van der Waals surface area contributed by atoms with E-state index in [4.69, 9.17) is 4.74 Å². The third-order valence-electron chi connectivity index (χ3n) is 4.13. The normalized spacial score (nSPS) is 16.1. The van der Waals surface area contributed by atoms with Gasteiger partial charge in [0.15, 0.2) is 5.76 Å². The van der Waals surface area contributed by atoms with Crippen LogP contribution in [0.5, 0.6) is 5.75 Å². The molecule has 4 rings (SSSR count). The highest BCUT2D eigenvalue weighted by Gasteiger charge is 2.31. The van der Waals surface area contributed by atoms with Crippen molar-refractivity contribution in [1.29, 1.82) is 0 Å². The van der Waals surface area contributed by atoms with Crippen LogP contribution in [0.4, 0.5) is 4.39 Å². The second-order valence-electron chi connectivity index (χ2n) is 5.86. The highest BCUT2D eigenvalue weighted by Crippen LogP contribution is 2.39. The summed E-state index contributed by atoms with van der Waals surface area (Å²) in [6.07, 6.45) is 2.14. The van der Waals surface area contributed by atoms with Gasteiger partial charge in [-0.15, -0.1) is 5.10 Å². The van der Waals surface area contributed by atoms with Crippen LogP contribution in [0, 0.1) is 5.82 Å². The van der Waals surface area contributed by atoms with E-state index >= 15 is 0 Å². The van der Waals surface area contributed by atoms with Gasteiger partial charge in [-0.1, -0.05) is 30.3 Å². The van der Waals surface area contributed by atoms with Crippen molar-refractivity contribution in [2.24, 2.45) is 0 Å². The standard InChI is InChI=1S/C19H14FN3O3/c20-13-7-5-12(6-8-13)9-23-11-21-19(22-23)18-17(25)15(10-24)14-3-1-2-4-16(14)26-18/h1-8,10-11,15,25H,9H2. The zero-order valence-corrected chi connectivity index (χ0v) is 13.5. The van der Waals surface area contributed by atoms with Crippen LogP contribution >= 0.6 is 0 Å². The Labute approximate surface area is 148 Å². The second-order valence-corrected chi connectivity index (χ2v) is 5.86. The average molecular weight is 351 g/mol. The van der Waals surface area contributed by atoms with Gasteiger partial charge in [0.2, 0.25) is 11.6 Å². The molecule has 2 heterocycles. The Morgan fingerprint density at radius 1 is 1.19 bits per heavy atom. The number of carbonyl (C=O) groups is 1. The Hall–Kier alpha value is -3.48. The van der Waals surface area contributed by atoms with E-state index in [-0.39, 0.29) is 23.2 Å². The summed E-state index contributed by atoms with van der Waals surface area (Å²) in [5.41, 5.74) is 1.44. The molecule has 0 saturated carbocycles. The molecule has 26 heavy (non-hydrogen) atoms. The molecule has 0 radical (unpaired) electrons. The number of carbonyl (C=O) groups excluding carboxylic acids is 1. The second kappa shape index (κ2) is 6.44. The largest absolute Gasteiger partial charge is 0.507 e. The highest BCUT2D eigenvalue weighted by atomic mass is 19.1. The number of aromatic nitrogens is 3. The topological polar surface area (TPSA) is 77.2 Å². The fourth-order valence-electron chi connectivity index (χ4n) is 2.83. The Kier molecular flexibility index (Phi) is 3.96. The summed E-state index contributed by atoms with van der Waals surface area (Å²) in [6.45, 7) is 0.384. The van der Waals surface area contributed by atoms with E-state index in [1.807, 2.05) is 0 Å². The van der Waals surface area contributed by atoms with Crippen molar-refractivity contribution in [2.75, 3.05) is 0 Å². The van der Waals surface area contributed by atoms with Crippen LogP contribution in [0.25, 0.3) is 5.76 Å². The number of nitrogens with zero attached hydrogens (tertiary/aromatic N) is 3. The summed E-state index contributed by atoms with van der Waals surface area (Å²) in [5.74, 6) is -0.647. The molecule has 130 valence electrons. The molecule has 3 aromatic rings. The molecule has 0 fully saturated rings. The van der Waals surface area contributed by atoms with Gasteiger partial charge < -0.3 is 14.6 Å². The lowest BCUT2D eigenvalue weighted by Crippen LogP contribution is -2.17. The average Bonchev–Trinajstić information content (AvgIpc) is 3.11. The number of aliphatic hydroxyl groups is 1. The number of ether oxygens (including phenoxy) is 1. The zero-order chi connectivity index (χ0) is 18.1. The summed E-state index contributed by atoms with van der Waals surface area (Å²) in [7, 11) is 0. The fraction of sp³-hybridized carbons (Fsp3) is 0.105. The third kappa shape index (κ3) is 2.83. The minimum absolute atomic E-state index is 0.0543. The van der Waals surface area contributed by atoms with Gasteiger partial charge in [-0.3, -0.25) is 0 Å². The van der Waals surface area contributed by atoms with Crippen molar-refractivity contribution < 1.29 is 19.0 Å². The minimum atomic E-state index is -0.820. The van der Waals surface area contributed by atoms with Crippen LogP contribution in [-0.4, -0.2) is 26.2 Å². The van der Waals surface area contributed by atoms with Crippen LogP contribution in [0.3, 0.4) is 0 Å². The maximum atomic E-state index is 13.0. The van der Waals surface area contributed by atoms with Crippen molar-refractivity contribution in [2.45, 2.75) is 12.5 Å². The molecule has 1 N–H and O–H groups in total. The first-order chi connectivity index (χ1) is 12.7. The minimum Gasteiger partial charge on any atom is -0.507 e. The lowest BCUT2D eigenvalue weighted by Gasteiger charge is -2.23. The Bertz CT molecular complexity index is 995. The predicted octanol–water partition coefficient (Wildman–Crippen LogP) is 3.07. The molecule has 1 aliphatic heterocycles. The number of hydrogen-bond donors (Lipinski definition) is 1. The molecule has 0 spiro atoms. The predicted molar refractivity (Wildman–Crippen MR) is 90.9 cm³/mol. The Morgan fingerprint density at radius 2 is 1.96 bits per heavy atom. The molecule has 6 nitrogen and oxygen atoms in total. The molecule has 0 saturated heterocycles. The van der Waals surface area contributed by atoms with Gasteiger partial charge in [-0.2, -0.15) is 0 Å². The van der Waals surface area contributed by atoms with Gasteiger partial charge in [0.25, 0.3) is 0 Å². The first kappa shape index (κ1) is 16.0. The van der Waals surface area contributed by atoms with E-state index in [0.29, 0.717) is 24.1 Å². The first-order valence-electron chi connectivity index (χ1n) is 7.95. The van der Waals surface area contributed by atoms with E-state index in [1.54, 1.807) is 41.1 Å². The van der Waals surface area contributed by atoms with Crippen LogP contribution in [-0.2, 0) is 11.3 Å².